The topological polar surface area (TPSA) is 171 Å². The van der Waals surface area contributed by atoms with Gasteiger partial charge in [-0.1, -0.05) is 61.5 Å². The Morgan fingerprint density at radius 3 is 2.17 bits per heavy atom. The second kappa shape index (κ2) is 12.3. The zero-order valence-corrected chi connectivity index (χ0v) is 25.6. The number of nitrogen functional groups attached to an aromatic ring is 1. The van der Waals surface area contributed by atoms with Crippen molar-refractivity contribution in [1.29, 1.82) is 5.41 Å². The van der Waals surface area contributed by atoms with Crippen molar-refractivity contribution in [3.05, 3.63) is 154 Å². The summed E-state index contributed by atoms with van der Waals surface area (Å²) in [7, 11) is 0. The lowest BCUT2D eigenvalue weighted by Crippen LogP contribution is -2.35. The molecule has 0 aromatic heterocycles. The summed E-state index contributed by atoms with van der Waals surface area (Å²) in [6.45, 7) is 2.16. The molecule has 2 unspecified atom stereocenters. The first-order valence-corrected chi connectivity index (χ1v) is 15.0. The Bertz CT molecular complexity index is 2040. The molecule has 2 atom stereocenters. The third-order valence-corrected chi connectivity index (χ3v) is 8.78. The second-order valence-corrected chi connectivity index (χ2v) is 11.9. The van der Waals surface area contributed by atoms with Crippen LogP contribution in [0.1, 0.15) is 72.7 Å². The summed E-state index contributed by atoms with van der Waals surface area (Å²) in [4.78, 5) is 37.6. The molecule has 0 bridgehead atoms. The summed E-state index contributed by atoms with van der Waals surface area (Å²) < 4.78 is 0. The summed E-state index contributed by atoms with van der Waals surface area (Å²) in [5.74, 6) is -2.29. The van der Waals surface area contributed by atoms with Gasteiger partial charge in [0, 0.05) is 33.5 Å². The van der Waals surface area contributed by atoms with Crippen molar-refractivity contribution < 1.29 is 19.5 Å². The molecule has 0 radical (unpaired) electrons. The average Bonchev–Trinajstić information content (AvgIpc) is 3.08. The van der Waals surface area contributed by atoms with Gasteiger partial charge in [0.2, 0.25) is 5.91 Å². The zero-order chi connectivity index (χ0) is 33.3. The molecule has 9 nitrogen and oxygen atoms in total. The number of carbonyl (C=O) groups excluding carboxylic acids is 2. The van der Waals surface area contributed by atoms with Crippen molar-refractivity contribution in [2.45, 2.75) is 24.8 Å². The lowest BCUT2D eigenvalue weighted by atomic mass is 9.68. The van der Waals surface area contributed by atoms with Gasteiger partial charge >= 0.3 is 5.97 Å². The van der Waals surface area contributed by atoms with Gasteiger partial charge in [0.15, 0.2) is 0 Å². The van der Waals surface area contributed by atoms with Crippen molar-refractivity contribution in [2.75, 3.05) is 10.6 Å². The summed E-state index contributed by atoms with van der Waals surface area (Å²) in [5.41, 5.74) is 17.1. The number of carboxylic acid groups (broad SMARTS) is 1. The van der Waals surface area contributed by atoms with Gasteiger partial charge in [0.05, 0.1) is 11.6 Å². The van der Waals surface area contributed by atoms with Crippen molar-refractivity contribution in [1.82, 2.24) is 0 Å². The number of carbonyl (C=O) groups is 3. The van der Waals surface area contributed by atoms with Gasteiger partial charge in [0.1, 0.15) is 5.84 Å². The van der Waals surface area contributed by atoms with E-state index < -0.39 is 17.3 Å². The minimum atomic E-state index is -1.22. The molecular formula is C38H33N5O4. The number of aromatic carboxylic acids is 1. The number of primary amides is 1. The molecule has 5 aromatic carbocycles. The lowest BCUT2D eigenvalue weighted by Gasteiger charge is -2.42. The first-order valence-electron chi connectivity index (χ1n) is 15.0. The Morgan fingerprint density at radius 1 is 0.830 bits per heavy atom. The van der Waals surface area contributed by atoms with E-state index in [0.717, 1.165) is 22.4 Å². The Hall–Kier alpha value is -6.22. The van der Waals surface area contributed by atoms with Gasteiger partial charge in [-0.3, -0.25) is 15.0 Å². The van der Waals surface area contributed by atoms with E-state index in [1.54, 1.807) is 36.4 Å². The minimum Gasteiger partial charge on any atom is -0.478 e. The number of amidine groups is 1. The number of carboxylic acids is 1. The molecule has 0 saturated heterocycles. The molecule has 234 valence electrons. The summed E-state index contributed by atoms with van der Waals surface area (Å²) in [6.07, 6.45) is 0.591. The predicted octanol–water partition coefficient (Wildman–Crippen LogP) is 6.55. The lowest BCUT2D eigenvalue weighted by molar-refractivity contribution is 0.0697. The third kappa shape index (κ3) is 6.06. The molecule has 0 aliphatic carbocycles. The van der Waals surface area contributed by atoms with E-state index in [1.165, 1.54) is 12.1 Å². The maximum absolute atomic E-state index is 13.3. The number of nitrogens with one attached hydrogen (secondary N) is 3. The SMILES string of the molecule is CC1(c2ccccc2)CC(c2cc(NC(=O)c3ccccc3)cc(-c3ccc(C(N)=O)cc3C(=O)O)c2)Nc2ccc(C(=N)N)cc21. The van der Waals surface area contributed by atoms with E-state index in [2.05, 4.69) is 29.7 Å². The number of amides is 2. The predicted molar refractivity (Wildman–Crippen MR) is 183 cm³/mol. The van der Waals surface area contributed by atoms with Crippen LogP contribution < -0.4 is 22.1 Å². The number of benzene rings is 5. The Kier molecular flexibility index (Phi) is 8.05. The van der Waals surface area contributed by atoms with Crippen molar-refractivity contribution in [3.63, 3.8) is 0 Å². The van der Waals surface area contributed by atoms with E-state index in [9.17, 15) is 19.5 Å². The van der Waals surface area contributed by atoms with Gasteiger partial charge in [-0.25, -0.2) is 4.79 Å². The highest BCUT2D eigenvalue weighted by Gasteiger charge is 2.39. The second-order valence-electron chi connectivity index (χ2n) is 11.9. The van der Waals surface area contributed by atoms with E-state index >= 15 is 0 Å². The van der Waals surface area contributed by atoms with E-state index in [-0.39, 0.29) is 28.9 Å². The molecule has 1 heterocycles. The fraction of sp³-hybridized carbons (Fsp3) is 0.105. The van der Waals surface area contributed by atoms with Crippen LogP contribution in [0.2, 0.25) is 0 Å². The van der Waals surface area contributed by atoms with Crippen LogP contribution in [0.15, 0.2) is 115 Å². The van der Waals surface area contributed by atoms with Crippen LogP contribution in [0.25, 0.3) is 11.1 Å². The highest BCUT2D eigenvalue weighted by atomic mass is 16.4. The van der Waals surface area contributed by atoms with Crippen molar-refractivity contribution in [2.24, 2.45) is 11.5 Å². The number of anilines is 2. The van der Waals surface area contributed by atoms with Crippen molar-refractivity contribution >= 4 is 35.0 Å². The summed E-state index contributed by atoms with van der Waals surface area (Å²) >= 11 is 0. The fourth-order valence-electron chi connectivity index (χ4n) is 6.33. The molecule has 47 heavy (non-hydrogen) atoms. The van der Waals surface area contributed by atoms with Crippen LogP contribution in [0.4, 0.5) is 11.4 Å². The maximum atomic E-state index is 13.3. The standard InChI is InChI=1S/C38H33N5O4/c1-38(27-10-6-3-7-11-27)21-33(43-32-15-13-23(34(39)40)20-31(32)38)26-16-25(29-14-12-24(35(41)44)19-30(29)37(46)47)17-28(18-26)42-36(45)22-8-4-2-5-9-22/h2-20,33,43H,21H2,1H3,(H3,39,40)(H2,41,44)(H,42,45)(H,46,47). The van der Waals surface area contributed by atoms with Crippen LogP contribution in [0.3, 0.4) is 0 Å². The van der Waals surface area contributed by atoms with Gasteiger partial charge in [-0.2, -0.15) is 0 Å². The van der Waals surface area contributed by atoms with Crippen molar-refractivity contribution in [3.8, 4) is 11.1 Å². The number of rotatable bonds is 8. The highest BCUT2D eigenvalue weighted by Crippen LogP contribution is 2.49. The van der Waals surface area contributed by atoms with Crippen LogP contribution in [0.5, 0.6) is 0 Å². The molecule has 5 aromatic rings. The number of nitrogens with two attached hydrogens (primary N) is 2. The van der Waals surface area contributed by atoms with Crippen LogP contribution in [-0.2, 0) is 5.41 Å². The average molecular weight is 624 g/mol. The normalized spacial score (nSPS) is 16.7. The van der Waals surface area contributed by atoms with Gasteiger partial charge in [-0.15, -0.1) is 0 Å². The molecule has 9 heteroatoms. The quantitative estimate of drug-likeness (QED) is 0.0845. The molecule has 1 aliphatic rings. The smallest absolute Gasteiger partial charge is 0.336 e. The van der Waals surface area contributed by atoms with E-state index in [0.29, 0.717) is 34.4 Å². The Morgan fingerprint density at radius 2 is 1.51 bits per heavy atom. The number of fused-ring (bicyclic) bond motifs is 1. The van der Waals surface area contributed by atoms with E-state index in [4.69, 9.17) is 16.9 Å². The molecule has 8 N–H and O–H groups in total. The van der Waals surface area contributed by atoms with E-state index in [1.807, 2.05) is 54.6 Å². The number of hydrogen-bond acceptors (Lipinski definition) is 5. The maximum Gasteiger partial charge on any atom is 0.336 e. The molecule has 1 aliphatic heterocycles. The van der Waals surface area contributed by atoms with Crippen LogP contribution in [0, 0.1) is 5.41 Å². The number of hydrogen-bond donors (Lipinski definition) is 6. The highest BCUT2D eigenvalue weighted by molar-refractivity contribution is 6.05. The third-order valence-electron chi connectivity index (χ3n) is 8.78. The Balaban J connectivity index is 1.51. The summed E-state index contributed by atoms with van der Waals surface area (Å²) in [5, 5.41) is 24.8. The van der Waals surface area contributed by atoms with Gasteiger partial charge < -0.3 is 27.2 Å². The van der Waals surface area contributed by atoms with Crippen LogP contribution in [-0.4, -0.2) is 28.7 Å². The summed E-state index contributed by atoms with van der Waals surface area (Å²) in [6, 6.07) is 34.2. The fourth-order valence-corrected chi connectivity index (χ4v) is 6.33. The molecule has 2 amide bonds. The molecular weight excluding hydrogens is 590 g/mol. The van der Waals surface area contributed by atoms with Gasteiger partial charge in [0.25, 0.3) is 5.91 Å². The molecule has 6 rings (SSSR count). The first kappa shape index (κ1) is 30.8. The van der Waals surface area contributed by atoms with Crippen LogP contribution >= 0.6 is 0 Å². The molecule has 0 fully saturated rings. The molecule has 0 spiro atoms. The zero-order valence-electron chi connectivity index (χ0n) is 25.6. The van der Waals surface area contributed by atoms with Gasteiger partial charge in [-0.05, 0) is 94.9 Å². The minimum absolute atomic E-state index is 0.0200. The monoisotopic (exact) mass is 623 g/mol. The Labute approximate surface area is 271 Å². The molecule has 0 saturated carbocycles. The largest absolute Gasteiger partial charge is 0.478 e. The first-order chi connectivity index (χ1) is 22.5.